The van der Waals surface area contributed by atoms with Crippen LogP contribution in [0.5, 0.6) is 17.2 Å². The van der Waals surface area contributed by atoms with Crippen molar-refractivity contribution in [2.24, 2.45) is 0 Å². The molecule has 100 valence electrons. The molecule has 0 saturated carbocycles. The fourth-order valence-electron chi connectivity index (χ4n) is 1.84. The minimum absolute atomic E-state index is 0.0698. The Bertz CT molecular complexity index is 538. The molecule has 0 heterocycles. The Morgan fingerprint density at radius 3 is 2.37 bits per heavy atom. The molecule has 0 spiro atoms. The van der Waals surface area contributed by atoms with E-state index in [1.165, 1.54) is 6.07 Å². The molecule has 0 radical (unpaired) electrons. The molecule has 0 aliphatic rings. The largest absolute Gasteiger partial charge is 0.508 e. The third-order valence-corrected chi connectivity index (χ3v) is 2.94. The van der Waals surface area contributed by atoms with Gasteiger partial charge in [-0.3, -0.25) is 0 Å². The van der Waals surface area contributed by atoms with Gasteiger partial charge in [0.25, 0.3) is 0 Å². The highest BCUT2D eigenvalue weighted by Crippen LogP contribution is 2.27. The first-order valence-electron chi connectivity index (χ1n) is 6.15. The molecule has 0 atom stereocenters. The summed E-state index contributed by atoms with van der Waals surface area (Å²) in [5, 5.41) is 31.4. The van der Waals surface area contributed by atoms with Crippen molar-refractivity contribution in [2.45, 2.75) is 13.0 Å². The maximum Gasteiger partial charge on any atom is 0.161 e. The predicted molar refractivity (Wildman–Crippen MR) is 73.3 cm³/mol. The third-order valence-electron chi connectivity index (χ3n) is 2.94. The van der Waals surface area contributed by atoms with E-state index in [9.17, 15) is 10.2 Å². The minimum Gasteiger partial charge on any atom is -0.508 e. The van der Waals surface area contributed by atoms with Gasteiger partial charge in [-0.15, -0.1) is 0 Å². The Morgan fingerprint density at radius 2 is 1.63 bits per heavy atom. The van der Waals surface area contributed by atoms with Crippen molar-refractivity contribution in [3.8, 4) is 17.2 Å². The summed E-state index contributed by atoms with van der Waals surface area (Å²) in [6.07, 6.45) is 0.833. The molecule has 2 rings (SSSR count). The normalized spacial score (nSPS) is 10.5. The Hall–Kier alpha value is -2.20. The van der Waals surface area contributed by atoms with Crippen LogP contribution in [0.4, 0.5) is 0 Å². The molecule has 0 bridgehead atoms. The summed E-state index contributed by atoms with van der Waals surface area (Å²) in [5.74, 6) is 0.0962. The van der Waals surface area contributed by atoms with Gasteiger partial charge in [-0.1, -0.05) is 24.3 Å². The van der Waals surface area contributed by atoms with E-state index < -0.39 is 0 Å². The second-order valence-corrected chi connectivity index (χ2v) is 4.38. The minimum atomic E-state index is -0.0992. The highest BCUT2D eigenvalue weighted by molar-refractivity contribution is 5.44. The molecular weight excluding hydrogens is 242 g/mol. The molecule has 0 amide bonds. The van der Waals surface area contributed by atoms with Crippen molar-refractivity contribution in [1.29, 1.82) is 0 Å². The van der Waals surface area contributed by atoms with Gasteiger partial charge < -0.3 is 20.6 Å². The van der Waals surface area contributed by atoms with Gasteiger partial charge in [-0.05, 0) is 36.7 Å². The van der Waals surface area contributed by atoms with Crippen molar-refractivity contribution in [2.75, 3.05) is 6.54 Å². The number of nitrogens with one attached hydrogen (secondary N) is 1. The highest BCUT2D eigenvalue weighted by Gasteiger charge is 2.04. The van der Waals surface area contributed by atoms with Crippen LogP contribution < -0.4 is 5.32 Å². The predicted octanol–water partition coefficient (Wildman–Crippen LogP) is 2.14. The maximum absolute atomic E-state index is 9.63. The topological polar surface area (TPSA) is 72.7 Å². The molecule has 2 aromatic carbocycles. The van der Waals surface area contributed by atoms with Crippen LogP contribution >= 0.6 is 0 Å². The number of aromatic hydroxyl groups is 3. The van der Waals surface area contributed by atoms with E-state index in [-0.39, 0.29) is 17.2 Å². The monoisotopic (exact) mass is 259 g/mol. The summed E-state index contributed by atoms with van der Waals surface area (Å²) >= 11 is 0. The average molecular weight is 259 g/mol. The van der Waals surface area contributed by atoms with Crippen LogP contribution in [0, 0.1) is 0 Å². The van der Waals surface area contributed by atoms with E-state index >= 15 is 0 Å². The second-order valence-electron chi connectivity index (χ2n) is 4.38. The van der Waals surface area contributed by atoms with Crippen LogP contribution in [-0.2, 0) is 13.0 Å². The summed E-state index contributed by atoms with van der Waals surface area (Å²) in [7, 11) is 0. The summed E-state index contributed by atoms with van der Waals surface area (Å²) in [5.41, 5.74) is 1.80. The van der Waals surface area contributed by atoms with Crippen LogP contribution in [0.2, 0.25) is 0 Å². The van der Waals surface area contributed by atoms with Gasteiger partial charge in [0.1, 0.15) is 5.75 Å². The smallest absolute Gasteiger partial charge is 0.161 e. The molecule has 0 fully saturated rings. The van der Waals surface area contributed by atoms with E-state index in [4.69, 9.17) is 5.11 Å². The lowest BCUT2D eigenvalue weighted by atomic mass is 10.1. The number of benzene rings is 2. The van der Waals surface area contributed by atoms with Gasteiger partial charge in [0.15, 0.2) is 11.5 Å². The van der Waals surface area contributed by atoms with Gasteiger partial charge in [-0.25, -0.2) is 0 Å². The molecule has 4 N–H and O–H groups in total. The average Bonchev–Trinajstić information content (AvgIpc) is 2.41. The summed E-state index contributed by atoms with van der Waals surface area (Å²) in [6, 6.07) is 12.0. The van der Waals surface area contributed by atoms with Crippen LogP contribution in [0.1, 0.15) is 11.1 Å². The number of para-hydroxylation sites is 1. The Morgan fingerprint density at radius 1 is 0.895 bits per heavy atom. The molecule has 0 aliphatic carbocycles. The Labute approximate surface area is 112 Å². The Kier molecular flexibility index (Phi) is 4.26. The van der Waals surface area contributed by atoms with Gasteiger partial charge in [0, 0.05) is 12.1 Å². The lowest BCUT2D eigenvalue weighted by Crippen LogP contribution is -2.16. The second kappa shape index (κ2) is 6.11. The van der Waals surface area contributed by atoms with Gasteiger partial charge in [-0.2, -0.15) is 0 Å². The van der Waals surface area contributed by atoms with Crippen molar-refractivity contribution >= 4 is 0 Å². The number of rotatable bonds is 5. The molecule has 0 aromatic heterocycles. The fourth-order valence-corrected chi connectivity index (χ4v) is 1.84. The fraction of sp³-hybridized carbons (Fsp3) is 0.200. The van der Waals surface area contributed by atoms with Crippen LogP contribution in [0.15, 0.2) is 42.5 Å². The first-order chi connectivity index (χ1) is 9.16. The zero-order chi connectivity index (χ0) is 13.7. The quantitative estimate of drug-likeness (QED) is 0.490. The number of phenolic OH excluding ortho intramolecular Hbond substituents is 3. The molecule has 0 aliphatic heterocycles. The molecule has 0 unspecified atom stereocenters. The van der Waals surface area contributed by atoms with Crippen molar-refractivity contribution in [3.63, 3.8) is 0 Å². The number of hydrogen-bond acceptors (Lipinski definition) is 4. The van der Waals surface area contributed by atoms with Crippen molar-refractivity contribution in [1.82, 2.24) is 5.32 Å². The molecule has 4 nitrogen and oxygen atoms in total. The lowest BCUT2D eigenvalue weighted by Gasteiger charge is -2.08. The van der Waals surface area contributed by atoms with Crippen molar-refractivity contribution < 1.29 is 15.3 Å². The first kappa shape index (κ1) is 13.2. The molecule has 0 saturated heterocycles. The van der Waals surface area contributed by atoms with E-state index in [0.717, 1.165) is 18.5 Å². The van der Waals surface area contributed by atoms with Gasteiger partial charge in [0.2, 0.25) is 0 Å². The highest BCUT2D eigenvalue weighted by atomic mass is 16.3. The zero-order valence-electron chi connectivity index (χ0n) is 10.5. The Balaban J connectivity index is 1.81. The van der Waals surface area contributed by atoms with E-state index in [0.29, 0.717) is 12.1 Å². The van der Waals surface area contributed by atoms with E-state index in [1.807, 2.05) is 12.1 Å². The summed E-state index contributed by atoms with van der Waals surface area (Å²) < 4.78 is 0. The lowest BCUT2D eigenvalue weighted by molar-refractivity contribution is 0.398. The maximum atomic E-state index is 9.63. The SMILES string of the molecule is Oc1ccc(CCNCc2cccc(O)c2O)cc1. The molecule has 19 heavy (non-hydrogen) atoms. The van der Waals surface area contributed by atoms with E-state index in [1.54, 1.807) is 24.3 Å². The third kappa shape index (κ3) is 3.63. The molecular formula is C15H17NO3. The zero-order valence-corrected chi connectivity index (χ0v) is 10.5. The van der Waals surface area contributed by atoms with Crippen molar-refractivity contribution in [3.05, 3.63) is 53.6 Å². The summed E-state index contributed by atoms with van der Waals surface area (Å²) in [6.45, 7) is 1.25. The molecule has 2 aromatic rings. The van der Waals surface area contributed by atoms with E-state index in [2.05, 4.69) is 5.32 Å². The van der Waals surface area contributed by atoms with Gasteiger partial charge in [0.05, 0.1) is 0 Å². The van der Waals surface area contributed by atoms with Crippen LogP contribution in [0.25, 0.3) is 0 Å². The first-order valence-corrected chi connectivity index (χ1v) is 6.15. The standard InChI is InChI=1S/C15H17NO3/c17-13-6-4-11(5-7-13)8-9-16-10-12-2-1-3-14(18)15(12)19/h1-7,16-19H,8-10H2. The number of phenols is 3. The summed E-state index contributed by atoms with van der Waals surface area (Å²) in [4.78, 5) is 0. The van der Waals surface area contributed by atoms with Crippen LogP contribution in [0.3, 0.4) is 0 Å². The van der Waals surface area contributed by atoms with Gasteiger partial charge >= 0.3 is 0 Å². The van der Waals surface area contributed by atoms with Crippen LogP contribution in [-0.4, -0.2) is 21.9 Å². The molecule has 4 heteroatoms. The number of hydrogen-bond donors (Lipinski definition) is 4.